The van der Waals surface area contributed by atoms with Crippen LogP contribution in [0, 0.1) is 5.82 Å². The van der Waals surface area contributed by atoms with Gasteiger partial charge in [-0.15, -0.1) is 0 Å². The van der Waals surface area contributed by atoms with Gasteiger partial charge in [0.25, 0.3) is 0 Å². The molecule has 0 aliphatic heterocycles. The van der Waals surface area contributed by atoms with E-state index in [1.165, 1.54) is 12.1 Å². The highest BCUT2D eigenvalue weighted by Gasteiger charge is 2.19. The molecule has 0 aliphatic carbocycles. The zero-order chi connectivity index (χ0) is 11.7. The summed E-state index contributed by atoms with van der Waals surface area (Å²) in [4.78, 5) is 14.2. The molecule has 1 atom stereocenters. The number of aromatic nitrogens is 1. The molecule has 84 valence electrons. The number of halogens is 1. The van der Waals surface area contributed by atoms with Crippen LogP contribution >= 0.6 is 0 Å². The van der Waals surface area contributed by atoms with E-state index in [4.69, 9.17) is 5.73 Å². The van der Waals surface area contributed by atoms with Crippen molar-refractivity contribution >= 4 is 16.8 Å². The molecule has 0 bridgehead atoms. The normalized spacial score (nSPS) is 12.9. The van der Waals surface area contributed by atoms with Crippen LogP contribution in [0.5, 0.6) is 0 Å². The van der Waals surface area contributed by atoms with Crippen molar-refractivity contribution in [3.8, 4) is 0 Å². The third-order valence-electron chi connectivity index (χ3n) is 2.80. The first-order valence-electron chi connectivity index (χ1n) is 5.19. The van der Waals surface area contributed by atoms with Gasteiger partial charge in [-0.05, 0) is 30.2 Å². The highest BCUT2D eigenvalue weighted by atomic mass is 19.1. The first-order valence-corrected chi connectivity index (χ1v) is 5.19. The Labute approximate surface area is 92.4 Å². The van der Waals surface area contributed by atoms with Crippen molar-refractivity contribution in [1.82, 2.24) is 4.98 Å². The van der Waals surface area contributed by atoms with E-state index in [9.17, 15) is 9.18 Å². The third kappa shape index (κ3) is 1.66. The van der Waals surface area contributed by atoms with Crippen LogP contribution in [-0.4, -0.2) is 10.9 Å². The minimum atomic E-state index is -0.354. The van der Waals surface area contributed by atoms with Gasteiger partial charge in [-0.2, -0.15) is 0 Å². The van der Waals surface area contributed by atoms with Crippen LogP contribution in [0.4, 0.5) is 4.39 Å². The number of hydrogen-bond acceptors (Lipinski definition) is 1. The molecule has 3 nitrogen and oxygen atoms in total. The van der Waals surface area contributed by atoms with Crippen molar-refractivity contribution < 1.29 is 9.18 Å². The summed E-state index contributed by atoms with van der Waals surface area (Å²) in [6.07, 6.45) is 2.36. The number of fused-ring (bicyclic) bond motifs is 1. The molecule has 0 fully saturated rings. The Morgan fingerprint density at radius 3 is 2.94 bits per heavy atom. The van der Waals surface area contributed by atoms with Crippen LogP contribution in [0.3, 0.4) is 0 Å². The first kappa shape index (κ1) is 10.7. The second kappa shape index (κ2) is 3.96. The molecule has 2 aromatic rings. The molecular weight excluding hydrogens is 207 g/mol. The summed E-state index contributed by atoms with van der Waals surface area (Å²) in [6, 6.07) is 4.46. The van der Waals surface area contributed by atoms with Crippen LogP contribution in [0.25, 0.3) is 10.9 Å². The van der Waals surface area contributed by atoms with E-state index in [0.29, 0.717) is 11.9 Å². The summed E-state index contributed by atoms with van der Waals surface area (Å²) in [5.74, 6) is -0.972. The predicted molar refractivity (Wildman–Crippen MR) is 60.5 cm³/mol. The molecule has 1 unspecified atom stereocenters. The maximum Gasteiger partial charge on any atom is 0.225 e. The van der Waals surface area contributed by atoms with E-state index in [2.05, 4.69) is 4.98 Å². The number of H-pyrrole nitrogens is 1. The molecule has 1 amide bonds. The van der Waals surface area contributed by atoms with Crippen LogP contribution in [-0.2, 0) is 4.79 Å². The fraction of sp³-hybridized carbons (Fsp3) is 0.250. The Balaban J connectivity index is 2.57. The molecule has 0 radical (unpaired) electrons. The Kier molecular flexibility index (Phi) is 2.64. The van der Waals surface area contributed by atoms with Gasteiger partial charge in [-0.25, -0.2) is 4.39 Å². The largest absolute Gasteiger partial charge is 0.369 e. The molecule has 0 saturated carbocycles. The number of amides is 1. The van der Waals surface area contributed by atoms with Gasteiger partial charge in [-0.1, -0.05) is 6.92 Å². The highest BCUT2D eigenvalue weighted by molar-refractivity contribution is 5.91. The van der Waals surface area contributed by atoms with E-state index >= 15 is 0 Å². The Morgan fingerprint density at radius 2 is 2.31 bits per heavy atom. The number of rotatable bonds is 3. The van der Waals surface area contributed by atoms with Crippen molar-refractivity contribution in [3.63, 3.8) is 0 Å². The summed E-state index contributed by atoms with van der Waals surface area (Å²) in [5.41, 5.74) is 6.86. The number of primary amides is 1. The molecule has 2 rings (SSSR count). The van der Waals surface area contributed by atoms with Crippen molar-refractivity contribution in [3.05, 3.63) is 35.8 Å². The molecule has 1 heterocycles. The molecule has 1 aromatic heterocycles. The van der Waals surface area contributed by atoms with Gasteiger partial charge in [0.15, 0.2) is 0 Å². The van der Waals surface area contributed by atoms with Gasteiger partial charge in [0.2, 0.25) is 5.91 Å². The van der Waals surface area contributed by atoms with Gasteiger partial charge in [-0.3, -0.25) is 4.79 Å². The summed E-state index contributed by atoms with van der Waals surface area (Å²) in [7, 11) is 0. The molecule has 0 saturated heterocycles. The lowest BCUT2D eigenvalue weighted by Gasteiger charge is -2.09. The maximum absolute atomic E-state index is 13.0. The Morgan fingerprint density at radius 1 is 1.56 bits per heavy atom. The summed E-state index contributed by atoms with van der Waals surface area (Å²) < 4.78 is 13.0. The molecule has 0 spiro atoms. The number of nitrogens with two attached hydrogens (primary N) is 1. The van der Waals surface area contributed by atoms with Crippen LogP contribution in [0.15, 0.2) is 24.4 Å². The fourth-order valence-electron chi connectivity index (χ4n) is 1.98. The summed E-state index contributed by atoms with van der Waals surface area (Å²) in [6.45, 7) is 1.90. The number of carbonyl (C=O) groups is 1. The lowest BCUT2D eigenvalue weighted by atomic mass is 9.95. The molecule has 1 aromatic carbocycles. The van der Waals surface area contributed by atoms with Crippen molar-refractivity contribution in [2.75, 3.05) is 0 Å². The summed E-state index contributed by atoms with van der Waals surface area (Å²) in [5, 5.41) is 0.854. The van der Waals surface area contributed by atoms with Crippen molar-refractivity contribution in [2.24, 2.45) is 5.73 Å². The lowest BCUT2D eigenvalue weighted by molar-refractivity contribution is -0.119. The van der Waals surface area contributed by atoms with E-state index in [1.54, 1.807) is 12.3 Å². The quantitative estimate of drug-likeness (QED) is 0.819. The highest BCUT2D eigenvalue weighted by Crippen LogP contribution is 2.27. The SMILES string of the molecule is CCC(C(N)=O)c1c[nH]c2cc(F)ccc12. The topological polar surface area (TPSA) is 58.9 Å². The van der Waals surface area contributed by atoms with Gasteiger partial charge in [0.05, 0.1) is 5.92 Å². The Hall–Kier alpha value is -1.84. The summed E-state index contributed by atoms with van der Waals surface area (Å²) >= 11 is 0. The first-order chi connectivity index (χ1) is 7.63. The monoisotopic (exact) mass is 220 g/mol. The minimum absolute atomic E-state index is 0.298. The number of hydrogen-bond donors (Lipinski definition) is 2. The molecule has 4 heteroatoms. The van der Waals surface area contributed by atoms with Gasteiger partial charge >= 0.3 is 0 Å². The average molecular weight is 220 g/mol. The second-order valence-electron chi connectivity index (χ2n) is 3.80. The standard InChI is InChI=1S/C12H13FN2O/c1-2-8(12(14)16)10-6-15-11-5-7(13)3-4-9(10)11/h3-6,8,15H,2H2,1H3,(H2,14,16). The van der Waals surface area contributed by atoms with Crippen molar-refractivity contribution in [1.29, 1.82) is 0 Å². The molecule has 3 N–H and O–H groups in total. The molecular formula is C12H13FN2O. The van der Waals surface area contributed by atoms with Gasteiger partial charge < -0.3 is 10.7 Å². The van der Waals surface area contributed by atoms with Crippen LogP contribution in [0.2, 0.25) is 0 Å². The molecule has 16 heavy (non-hydrogen) atoms. The van der Waals surface area contributed by atoms with Gasteiger partial charge in [0, 0.05) is 17.1 Å². The number of nitrogens with one attached hydrogen (secondary N) is 1. The lowest BCUT2D eigenvalue weighted by Crippen LogP contribution is -2.20. The van der Waals surface area contributed by atoms with E-state index in [-0.39, 0.29) is 17.6 Å². The van der Waals surface area contributed by atoms with Gasteiger partial charge in [0.1, 0.15) is 5.82 Å². The minimum Gasteiger partial charge on any atom is -0.369 e. The number of aromatic amines is 1. The molecule has 0 aliphatic rings. The maximum atomic E-state index is 13.0. The number of carbonyl (C=O) groups excluding carboxylic acids is 1. The van der Waals surface area contributed by atoms with Crippen LogP contribution < -0.4 is 5.73 Å². The number of benzene rings is 1. The van der Waals surface area contributed by atoms with Crippen LogP contribution in [0.1, 0.15) is 24.8 Å². The zero-order valence-electron chi connectivity index (χ0n) is 8.96. The van der Waals surface area contributed by atoms with Crippen molar-refractivity contribution in [2.45, 2.75) is 19.3 Å². The Bertz CT molecular complexity index is 533. The third-order valence-corrected chi connectivity index (χ3v) is 2.80. The second-order valence-corrected chi connectivity index (χ2v) is 3.80. The van der Waals surface area contributed by atoms with E-state index < -0.39 is 0 Å². The van der Waals surface area contributed by atoms with E-state index in [0.717, 1.165) is 10.9 Å². The zero-order valence-corrected chi connectivity index (χ0v) is 8.96. The fourth-order valence-corrected chi connectivity index (χ4v) is 1.98. The average Bonchev–Trinajstić information content (AvgIpc) is 2.62. The van der Waals surface area contributed by atoms with E-state index in [1.807, 2.05) is 6.92 Å². The predicted octanol–water partition coefficient (Wildman–Crippen LogP) is 2.29. The smallest absolute Gasteiger partial charge is 0.225 e.